The molecule has 0 aromatic carbocycles. The molecule has 2 atom stereocenters. The van der Waals surface area contributed by atoms with Crippen LogP contribution < -0.4 is 5.32 Å². The van der Waals surface area contributed by atoms with Crippen molar-refractivity contribution < 1.29 is 14.7 Å². The van der Waals surface area contributed by atoms with Gasteiger partial charge in [-0.2, -0.15) is 0 Å². The summed E-state index contributed by atoms with van der Waals surface area (Å²) in [6.45, 7) is 5.59. The van der Waals surface area contributed by atoms with E-state index in [0.29, 0.717) is 6.42 Å². The monoisotopic (exact) mass is 230 g/mol. The van der Waals surface area contributed by atoms with Crippen LogP contribution >= 0.6 is 0 Å². The van der Waals surface area contributed by atoms with Crippen LogP contribution in [-0.2, 0) is 9.59 Å². The van der Waals surface area contributed by atoms with Crippen molar-refractivity contribution in [2.45, 2.75) is 39.3 Å². The van der Waals surface area contributed by atoms with E-state index in [1.807, 2.05) is 13.8 Å². The zero-order valence-corrected chi connectivity index (χ0v) is 10.7. The second-order valence-electron chi connectivity index (χ2n) is 4.64. The molecule has 0 bridgehead atoms. The minimum Gasteiger partial charge on any atom is -0.480 e. The molecule has 0 aliphatic carbocycles. The van der Waals surface area contributed by atoms with E-state index < -0.39 is 18.1 Å². The molecule has 0 saturated heterocycles. The van der Waals surface area contributed by atoms with Crippen molar-refractivity contribution in [3.63, 3.8) is 0 Å². The lowest BCUT2D eigenvalue weighted by Crippen LogP contribution is -2.49. The van der Waals surface area contributed by atoms with Crippen molar-refractivity contribution in [1.29, 1.82) is 0 Å². The molecule has 0 heterocycles. The van der Waals surface area contributed by atoms with E-state index in [1.165, 1.54) is 4.90 Å². The number of nitrogens with one attached hydrogen (secondary N) is 1. The van der Waals surface area contributed by atoms with Crippen LogP contribution in [0.5, 0.6) is 0 Å². The molecule has 5 heteroatoms. The largest absolute Gasteiger partial charge is 0.480 e. The average molecular weight is 230 g/mol. The van der Waals surface area contributed by atoms with Crippen molar-refractivity contribution in [2.75, 3.05) is 14.1 Å². The Morgan fingerprint density at radius 3 is 2.06 bits per heavy atom. The van der Waals surface area contributed by atoms with Gasteiger partial charge < -0.3 is 10.0 Å². The minimum atomic E-state index is -0.910. The normalized spacial score (nSPS) is 14.6. The molecule has 2 unspecified atom stereocenters. The summed E-state index contributed by atoms with van der Waals surface area (Å²) < 4.78 is 0. The number of carbonyl (C=O) groups excluding carboxylic acids is 1. The summed E-state index contributed by atoms with van der Waals surface area (Å²) in [5.74, 6) is -0.752. The van der Waals surface area contributed by atoms with Crippen LogP contribution in [0.15, 0.2) is 0 Å². The minimum absolute atomic E-state index is 0.116. The predicted molar refractivity (Wildman–Crippen MR) is 62.2 cm³/mol. The molecule has 94 valence electrons. The predicted octanol–water partition coefficient (Wildman–Crippen LogP) is 0.552. The van der Waals surface area contributed by atoms with Crippen LogP contribution in [0.3, 0.4) is 0 Å². The Hall–Kier alpha value is -1.10. The van der Waals surface area contributed by atoms with Crippen LogP contribution in [0.25, 0.3) is 0 Å². The van der Waals surface area contributed by atoms with Gasteiger partial charge in [0, 0.05) is 14.1 Å². The first-order valence-electron chi connectivity index (χ1n) is 5.45. The number of amides is 1. The van der Waals surface area contributed by atoms with E-state index in [-0.39, 0.29) is 11.8 Å². The molecule has 1 amide bonds. The maximum Gasteiger partial charge on any atom is 0.320 e. The Labute approximate surface area is 96.8 Å². The van der Waals surface area contributed by atoms with Gasteiger partial charge in [-0.25, -0.2) is 0 Å². The van der Waals surface area contributed by atoms with Crippen LogP contribution in [0.4, 0.5) is 0 Å². The molecule has 2 N–H and O–H groups in total. The van der Waals surface area contributed by atoms with Crippen LogP contribution in [-0.4, -0.2) is 48.1 Å². The number of carbonyl (C=O) groups is 2. The van der Waals surface area contributed by atoms with Gasteiger partial charge in [0.2, 0.25) is 5.91 Å². The van der Waals surface area contributed by atoms with Gasteiger partial charge in [0.25, 0.3) is 0 Å². The second kappa shape index (κ2) is 6.48. The van der Waals surface area contributed by atoms with Crippen molar-refractivity contribution in [2.24, 2.45) is 5.92 Å². The molecule has 5 nitrogen and oxygen atoms in total. The molecular formula is C11H22N2O3. The van der Waals surface area contributed by atoms with Crippen LogP contribution in [0.2, 0.25) is 0 Å². The molecule has 0 fully saturated rings. The summed E-state index contributed by atoms with van der Waals surface area (Å²) in [5.41, 5.74) is 0. The third-order valence-electron chi connectivity index (χ3n) is 2.27. The lowest BCUT2D eigenvalue weighted by molar-refractivity contribution is -0.140. The lowest BCUT2D eigenvalue weighted by atomic mass is 10.0. The molecule has 0 aromatic rings. The van der Waals surface area contributed by atoms with Crippen LogP contribution in [0.1, 0.15) is 27.2 Å². The van der Waals surface area contributed by atoms with Crippen LogP contribution in [0, 0.1) is 5.92 Å². The van der Waals surface area contributed by atoms with E-state index in [4.69, 9.17) is 5.11 Å². The number of rotatable bonds is 6. The third kappa shape index (κ3) is 5.11. The number of nitrogens with zero attached hydrogens (tertiary/aromatic N) is 1. The number of hydrogen-bond donors (Lipinski definition) is 2. The molecular weight excluding hydrogens is 208 g/mol. The maximum atomic E-state index is 11.6. The van der Waals surface area contributed by atoms with Gasteiger partial charge in [0.05, 0.1) is 6.04 Å². The van der Waals surface area contributed by atoms with E-state index in [1.54, 1.807) is 21.0 Å². The summed E-state index contributed by atoms with van der Waals surface area (Å²) in [5, 5.41) is 11.8. The first-order valence-corrected chi connectivity index (χ1v) is 5.45. The average Bonchev–Trinajstić information content (AvgIpc) is 2.14. The zero-order valence-electron chi connectivity index (χ0n) is 10.7. The SMILES string of the molecule is CC(C)CC(NC(C)C(=O)N(C)C)C(=O)O. The lowest BCUT2D eigenvalue weighted by Gasteiger charge is -2.23. The number of hydrogen-bond acceptors (Lipinski definition) is 3. The summed E-state index contributed by atoms with van der Waals surface area (Å²) in [4.78, 5) is 24.0. The first kappa shape index (κ1) is 14.9. The first-order chi connectivity index (χ1) is 7.25. The highest BCUT2D eigenvalue weighted by Crippen LogP contribution is 2.06. The van der Waals surface area contributed by atoms with Gasteiger partial charge >= 0.3 is 5.97 Å². The fraction of sp³-hybridized carbons (Fsp3) is 0.818. The van der Waals surface area contributed by atoms with Crippen molar-refractivity contribution in [3.05, 3.63) is 0 Å². The summed E-state index contributed by atoms with van der Waals surface area (Å²) in [6, 6.07) is -1.14. The summed E-state index contributed by atoms with van der Waals surface area (Å²) in [6.07, 6.45) is 0.514. The number of likely N-dealkylation sites (N-methyl/N-ethyl adjacent to an activating group) is 1. The molecule has 0 rings (SSSR count). The smallest absolute Gasteiger partial charge is 0.320 e. The van der Waals surface area contributed by atoms with E-state index >= 15 is 0 Å². The topological polar surface area (TPSA) is 69.6 Å². The van der Waals surface area contributed by atoms with E-state index in [0.717, 1.165) is 0 Å². The Balaban J connectivity index is 4.40. The standard InChI is InChI=1S/C11H22N2O3/c1-7(2)6-9(11(15)16)12-8(3)10(14)13(4)5/h7-9,12H,6H2,1-5H3,(H,15,16). The van der Waals surface area contributed by atoms with E-state index in [2.05, 4.69) is 5.32 Å². The van der Waals surface area contributed by atoms with Gasteiger partial charge in [-0.1, -0.05) is 13.8 Å². The quantitative estimate of drug-likeness (QED) is 0.699. The van der Waals surface area contributed by atoms with Gasteiger partial charge in [-0.05, 0) is 19.3 Å². The van der Waals surface area contributed by atoms with Crippen molar-refractivity contribution in [3.8, 4) is 0 Å². The number of aliphatic carboxylic acids is 1. The summed E-state index contributed by atoms with van der Waals surface area (Å²) >= 11 is 0. The van der Waals surface area contributed by atoms with Gasteiger partial charge in [-0.3, -0.25) is 14.9 Å². The molecule has 0 aliphatic rings. The van der Waals surface area contributed by atoms with Crippen molar-refractivity contribution in [1.82, 2.24) is 10.2 Å². The van der Waals surface area contributed by atoms with Gasteiger partial charge in [0.15, 0.2) is 0 Å². The Morgan fingerprint density at radius 1 is 1.25 bits per heavy atom. The molecule has 0 saturated carbocycles. The van der Waals surface area contributed by atoms with Gasteiger partial charge in [0.1, 0.15) is 6.04 Å². The highest BCUT2D eigenvalue weighted by atomic mass is 16.4. The molecule has 0 aliphatic heterocycles. The highest BCUT2D eigenvalue weighted by Gasteiger charge is 2.24. The second-order valence-corrected chi connectivity index (χ2v) is 4.64. The number of carboxylic acids is 1. The molecule has 0 spiro atoms. The van der Waals surface area contributed by atoms with Crippen molar-refractivity contribution >= 4 is 11.9 Å². The molecule has 0 aromatic heterocycles. The van der Waals surface area contributed by atoms with E-state index in [9.17, 15) is 9.59 Å². The fourth-order valence-electron chi connectivity index (χ4n) is 1.47. The zero-order chi connectivity index (χ0) is 12.9. The number of carboxylic acid groups (broad SMARTS) is 1. The highest BCUT2D eigenvalue weighted by molar-refractivity contribution is 5.82. The Kier molecular flexibility index (Phi) is 6.03. The Bertz CT molecular complexity index is 252. The van der Waals surface area contributed by atoms with Gasteiger partial charge in [-0.15, -0.1) is 0 Å². The third-order valence-corrected chi connectivity index (χ3v) is 2.27. The maximum absolute atomic E-state index is 11.6. The molecule has 0 radical (unpaired) electrons. The Morgan fingerprint density at radius 2 is 1.75 bits per heavy atom. The fourth-order valence-corrected chi connectivity index (χ4v) is 1.47. The summed E-state index contributed by atoms with van der Waals surface area (Å²) in [7, 11) is 3.30. The molecule has 16 heavy (non-hydrogen) atoms.